The summed E-state index contributed by atoms with van der Waals surface area (Å²) in [5.74, 6) is 0.916. The lowest BCUT2D eigenvalue weighted by Crippen LogP contribution is -2.47. The van der Waals surface area contributed by atoms with Gasteiger partial charge in [0.1, 0.15) is 0 Å². The predicted molar refractivity (Wildman–Crippen MR) is 62.8 cm³/mol. The molecule has 2 aliphatic rings. The summed E-state index contributed by atoms with van der Waals surface area (Å²) in [7, 11) is 0. The average molecular weight is 211 g/mol. The number of hydrogen-bond acceptors (Lipinski definition) is 2. The first-order valence-corrected chi connectivity index (χ1v) is 6.75. The zero-order valence-corrected chi connectivity index (χ0v) is 9.91. The first kappa shape index (κ1) is 11.4. The molecule has 15 heavy (non-hydrogen) atoms. The molecule has 3 atom stereocenters. The quantitative estimate of drug-likeness (QED) is 0.732. The highest BCUT2D eigenvalue weighted by atomic mass is 16.3. The maximum absolute atomic E-state index is 9.93. The van der Waals surface area contributed by atoms with Crippen molar-refractivity contribution in [3.05, 3.63) is 0 Å². The van der Waals surface area contributed by atoms with E-state index in [1.54, 1.807) is 0 Å². The van der Waals surface area contributed by atoms with Crippen LogP contribution in [-0.2, 0) is 0 Å². The molecule has 0 aromatic carbocycles. The number of aliphatic hydroxyl groups is 1. The van der Waals surface area contributed by atoms with E-state index in [0.29, 0.717) is 12.1 Å². The topological polar surface area (TPSA) is 32.3 Å². The molecule has 2 saturated carbocycles. The minimum absolute atomic E-state index is 0.0862. The fourth-order valence-electron chi connectivity index (χ4n) is 2.85. The third-order valence-corrected chi connectivity index (χ3v) is 3.95. The molecule has 0 amide bonds. The zero-order chi connectivity index (χ0) is 10.7. The summed E-state index contributed by atoms with van der Waals surface area (Å²) in [5.41, 5.74) is 0. The Bertz CT molecular complexity index is 189. The van der Waals surface area contributed by atoms with Crippen LogP contribution in [-0.4, -0.2) is 23.3 Å². The molecule has 2 aliphatic carbocycles. The van der Waals surface area contributed by atoms with Crippen molar-refractivity contribution < 1.29 is 5.11 Å². The maximum atomic E-state index is 9.93. The van der Waals surface area contributed by atoms with Gasteiger partial charge in [-0.2, -0.15) is 0 Å². The van der Waals surface area contributed by atoms with Gasteiger partial charge in [0.25, 0.3) is 0 Å². The third-order valence-electron chi connectivity index (χ3n) is 3.95. The van der Waals surface area contributed by atoms with Gasteiger partial charge in [-0.1, -0.05) is 26.2 Å². The van der Waals surface area contributed by atoms with Gasteiger partial charge < -0.3 is 10.4 Å². The Morgan fingerprint density at radius 1 is 1.20 bits per heavy atom. The molecular formula is C13H25NO. The molecule has 2 nitrogen and oxygen atoms in total. The summed E-state index contributed by atoms with van der Waals surface area (Å²) < 4.78 is 0. The molecule has 2 heteroatoms. The van der Waals surface area contributed by atoms with Gasteiger partial charge in [0.05, 0.1) is 6.10 Å². The van der Waals surface area contributed by atoms with Crippen LogP contribution in [0.25, 0.3) is 0 Å². The number of rotatable bonds is 5. The van der Waals surface area contributed by atoms with Crippen LogP contribution in [0.5, 0.6) is 0 Å². The normalized spacial score (nSPS) is 34.0. The van der Waals surface area contributed by atoms with E-state index in [0.717, 1.165) is 12.3 Å². The molecule has 2 N–H and O–H groups in total. The van der Waals surface area contributed by atoms with Crippen molar-refractivity contribution in [1.82, 2.24) is 5.32 Å². The van der Waals surface area contributed by atoms with Crippen LogP contribution in [0.4, 0.5) is 0 Å². The standard InChI is InChI=1S/C13H25NO/c1-2-5-11(10-8-9-10)14-12-6-3-4-7-13(12)15/h10-15H,2-9H2,1H3. The Kier molecular flexibility index (Phi) is 4.04. The van der Waals surface area contributed by atoms with Crippen molar-refractivity contribution in [2.75, 3.05) is 0 Å². The van der Waals surface area contributed by atoms with Crippen LogP contribution < -0.4 is 5.32 Å². The Morgan fingerprint density at radius 3 is 2.53 bits per heavy atom. The maximum Gasteiger partial charge on any atom is 0.0693 e. The Balaban J connectivity index is 1.81. The summed E-state index contributed by atoms with van der Waals surface area (Å²) in [4.78, 5) is 0. The second-order valence-electron chi connectivity index (χ2n) is 5.36. The molecule has 3 unspecified atom stereocenters. The summed E-state index contributed by atoms with van der Waals surface area (Å²) in [6.45, 7) is 2.26. The molecule has 2 fully saturated rings. The van der Waals surface area contributed by atoms with E-state index in [2.05, 4.69) is 12.2 Å². The van der Waals surface area contributed by atoms with Crippen molar-refractivity contribution in [3.8, 4) is 0 Å². The number of hydrogen-bond donors (Lipinski definition) is 2. The van der Waals surface area contributed by atoms with E-state index in [1.165, 1.54) is 44.9 Å². The molecular weight excluding hydrogens is 186 g/mol. The fraction of sp³-hybridized carbons (Fsp3) is 1.00. The summed E-state index contributed by atoms with van der Waals surface area (Å²) in [5, 5.41) is 13.6. The smallest absolute Gasteiger partial charge is 0.0693 e. The monoisotopic (exact) mass is 211 g/mol. The highest BCUT2D eigenvalue weighted by molar-refractivity contribution is 4.91. The molecule has 0 heterocycles. The highest BCUT2D eigenvalue weighted by Crippen LogP contribution is 2.35. The Hall–Kier alpha value is -0.0800. The minimum Gasteiger partial charge on any atom is -0.392 e. The molecule has 88 valence electrons. The van der Waals surface area contributed by atoms with Crippen molar-refractivity contribution >= 4 is 0 Å². The zero-order valence-electron chi connectivity index (χ0n) is 9.91. The lowest BCUT2D eigenvalue weighted by Gasteiger charge is -2.32. The van der Waals surface area contributed by atoms with Gasteiger partial charge in [-0.05, 0) is 38.0 Å². The molecule has 0 radical (unpaired) electrons. The fourth-order valence-corrected chi connectivity index (χ4v) is 2.85. The van der Waals surface area contributed by atoms with Crippen molar-refractivity contribution in [2.45, 2.75) is 76.5 Å². The second kappa shape index (κ2) is 5.31. The van der Waals surface area contributed by atoms with Gasteiger partial charge in [-0.15, -0.1) is 0 Å². The number of nitrogens with one attached hydrogen (secondary N) is 1. The van der Waals surface area contributed by atoms with Gasteiger partial charge >= 0.3 is 0 Å². The van der Waals surface area contributed by atoms with E-state index in [1.807, 2.05) is 0 Å². The first-order valence-electron chi connectivity index (χ1n) is 6.75. The number of aliphatic hydroxyl groups excluding tert-OH is 1. The van der Waals surface area contributed by atoms with Crippen molar-refractivity contribution in [3.63, 3.8) is 0 Å². The lowest BCUT2D eigenvalue weighted by molar-refractivity contribution is 0.0822. The molecule has 0 aromatic rings. The van der Waals surface area contributed by atoms with Crippen LogP contribution in [0, 0.1) is 5.92 Å². The summed E-state index contributed by atoms with van der Waals surface area (Å²) in [6, 6.07) is 1.07. The minimum atomic E-state index is -0.0862. The second-order valence-corrected chi connectivity index (χ2v) is 5.36. The van der Waals surface area contributed by atoms with E-state index in [4.69, 9.17) is 0 Å². The predicted octanol–water partition coefficient (Wildman–Crippen LogP) is 2.46. The van der Waals surface area contributed by atoms with Gasteiger partial charge in [0.15, 0.2) is 0 Å². The van der Waals surface area contributed by atoms with E-state index < -0.39 is 0 Å². The van der Waals surface area contributed by atoms with E-state index >= 15 is 0 Å². The molecule has 0 bridgehead atoms. The molecule has 0 aliphatic heterocycles. The van der Waals surface area contributed by atoms with Crippen molar-refractivity contribution in [2.24, 2.45) is 5.92 Å². The molecule has 2 rings (SSSR count). The largest absolute Gasteiger partial charge is 0.392 e. The van der Waals surface area contributed by atoms with Crippen LogP contribution in [0.2, 0.25) is 0 Å². The lowest BCUT2D eigenvalue weighted by atomic mass is 9.91. The third kappa shape index (κ3) is 3.18. The van der Waals surface area contributed by atoms with Crippen LogP contribution in [0.15, 0.2) is 0 Å². The van der Waals surface area contributed by atoms with E-state index in [9.17, 15) is 5.11 Å². The highest BCUT2D eigenvalue weighted by Gasteiger charge is 2.33. The Morgan fingerprint density at radius 2 is 1.93 bits per heavy atom. The van der Waals surface area contributed by atoms with Gasteiger partial charge in [0, 0.05) is 12.1 Å². The summed E-state index contributed by atoms with van der Waals surface area (Å²) >= 11 is 0. The summed E-state index contributed by atoms with van der Waals surface area (Å²) in [6.07, 6.45) is 9.94. The average Bonchev–Trinajstić information content (AvgIpc) is 3.04. The van der Waals surface area contributed by atoms with Crippen molar-refractivity contribution in [1.29, 1.82) is 0 Å². The van der Waals surface area contributed by atoms with Gasteiger partial charge in [-0.3, -0.25) is 0 Å². The van der Waals surface area contributed by atoms with Crippen LogP contribution in [0.1, 0.15) is 58.3 Å². The van der Waals surface area contributed by atoms with Gasteiger partial charge in [-0.25, -0.2) is 0 Å². The Labute approximate surface area is 93.5 Å². The SMILES string of the molecule is CCCC(NC1CCCCC1O)C1CC1. The van der Waals surface area contributed by atoms with Gasteiger partial charge in [0.2, 0.25) is 0 Å². The van der Waals surface area contributed by atoms with Crippen LogP contribution in [0.3, 0.4) is 0 Å². The van der Waals surface area contributed by atoms with E-state index in [-0.39, 0.29) is 6.10 Å². The van der Waals surface area contributed by atoms with Crippen LogP contribution >= 0.6 is 0 Å². The molecule has 0 saturated heterocycles. The molecule has 0 aromatic heterocycles. The molecule has 0 spiro atoms. The first-order chi connectivity index (χ1) is 7.31.